The lowest BCUT2D eigenvalue weighted by atomic mass is 9.71. The van der Waals surface area contributed by atoms with Gasteiger partial charge in [-0.15, -0.1) is 0 Å². The molecule has 0 unspecified atom stereocenters. The molecule has 2 atom stereocenters. The highest BCUT2D eigenvalue weighted by Crippen LogP contribution is 2.47. The molecular formula is C25H34NP. The van der Waals surface area contributed by atoms with Crippen LogP contribution in [-0.4, -0.2) is 17.8 Å². The van der Waals surface area contributed by atoms with Crippen LogP contribution in [0.15, 0.2) is 60.7 Å². The molecule has 2 aliphatic rings. The molecule has 2 aliphatic carbocycles. The first-order valence-corrected chi connectivity index (χ1v) is 12.3. The first-order valence-electron chi connectivity index (χ1n) is 11.0. The molecule has 0 N–H and O–H groups in total. The molecule has 0 radical (unpaired) electrons. The quantitative estimate of drug-likeness (QED) is 0.567. The molecule has 0 bridgehead atoms. The summed E-state index contributed by atoms with van der Waals surface area (Å²) in [6, 6.07) is 23.2. The van der Waals surface area contributed by atoms with Crippen LogP contribution < -0.4 is 10.6 Å². The Morgan fingerprint density at radius 2 is 1.19 bits per heavy atom. The van der Waals surface area contributed by atoms with Crippen LogP contribution in [0.5, 0.6) is 0 Å². The number of hydrogen-bond donors (Lipinski definition) is 0. The van der Waals surface area contributed by atoms with Gasteiger partial charge in [0.05, 0.1) is 0 Å². The summed E-state index contributed by atoms with van der Waals surface area (Å²) in [6.45, 7) is 0. The van der Waals surface area contributed by atoms with E-state index in [9.17, 15) is 0 Å². The fourth-order valence-electron chi connectivity index (χ4n) is 5.52. The van der Waals surface area contributed by atoms with Gasteiger partial charge in [-0.2, -0.15) is 0 Å². The summed E-state index contributed by atoms with van der Waals surface area (Å²) < 4.78 is 2.80. The van der Waals surface area contributed by atoms with E-state index in [0.29, 0.717) is 0 Å². The van der Waals surface area contributed by atoms with Crippen LogP contribution in [0.4, 0.5) is 0 Å². The molecule has 0 heterocycles. The number of benzene rings is 2. The normalized spacial score (nSPS) is 24.4. The van der Waals surface area contributed by atoms with Crippen LogP contribution in [0.3, 0.4) is 0 Å². The van der Waals surface area contributed by atoms with Crippen molar-refractivity contribution in [3.8, 4) is 0 Å². The Kier molecular flexibility index (Phi) is 6.64. The number of nitrogens with zero attached hydrogens (tertiary/aromatic N) is 1. The first-order chi connectivity index (χ1) is 13.3. The topological polar surface area (TPSA) is 3.24 Å². The Hall–Kier alpha value is -1.17. The second kappa shape index (κ2) is 9.35. The van der Waals surface area contributed by atoms with Crippen LogP contribution in [0.1, 0.15) is 57.8 Å². The van der Waals surface area contributed by atoms with Crippen LogP contribution in [0.25, 0.3) is 0 Å². The zero-order chi connectivity index (χ0) is 18.5. The van der Waals surface area contributed by atoms with Crippen molar-refractivity contribution in [1.29, 1.82) is 0 Å². The third-order valence-electron chi connectivity index (χ3n) is 6.83. The van der Waals surface area contributed by atoms with Crippen molar-refractivity contribution in [3.63, 3.8) is 0 Å². The monoisotopic (exact) mass is 379 g/mol. The Balaban J connectivity index is 1.64. The summed E-state index contributed by atoms with van der Waals surface area (Å²) >= 11 is 0. The van der Waals surface area contributed by atoms with Gasteiger partial charge in [-0.1, -0.05) is 106 Å². The van der Waals surface area contributed by atoms with Crippen LogP contribution in [0, 0.1) is 11.8 Å². The predicted octanol–water partition coefficient (Wildman–Crippen LogP) is 6.11. The van der Waals surface area contributed by atoms with Crippen molar-refractivity contribution in [3.05, 3.63) is 60.7 Å². The van der Waals surface area contributed by atoms with Gasteiger partial charge < -0.3 is 0 Å². The zero-order valence-electron chi connectivity index (χ0n) is 16.8. The average molecular weight is 380 g/mol. The van der Waals surface area contributed by atoms with Crippen molar-refractivity contribution in [2.24, 2.45) is 11.8 Å². The third-order valence-corrected chi connectivity index (χ3v) is 9.34. The first kappa shape index (κ1) is 19.2. The van der Waals surface area contributed by atoms with Gasteiger partial charge in [0.15, 0.2) is 0 Å². The van der Waals surface area contributed by atoms with Gasteiger partial charge in [-0.25, -0.2) is 0 Å². The summed E-state index contributed by atoms with van der Waals surface area (Å²) in [5.41, 5.74) is 0. The smallest absolute Gasteiger partial charge is 0.0281 e. The SMILES string of the molecule is CN([C@H]1CCCC[C@@H]1C1CCCCC1)P(c1ccccc1)c1ccccc1. The largest absolute Gasteiger partial charge is 0.275 e. The van der Waals surface area contributed by atoms with Crippen molar-refractivity contribution >= 4 is 18.7 Å². The van der Waals surface area contributed by atoms with E-state index in [4.69, 9.17) is 0 Å². The van der Waals surface area contributed by atoms with Crippen molar-refractivity contribution < 1.29 is 0 Å². The maximum Gasteiger partial charge on any atom is 0.0281 e. The Bertz CT molecular complexity index is 640. The highest BCUT2D eigenvalue weighted by Gasteiger charge is 2.37. The molecule has 0 aliphatic heterocycles. The van der Waals surface area contributed by atoms with Gasteiger partial charge in [0.2, 0.25) is 0 Å². The van der Waals surface area contributed by atoms with Gasteiger partial charge in [-0.05, 0) is 42.3 Å². The average Bonchev–Trinajstić information content (AvgIpc) is 2.76. The molecule has 1 nitrogen and oxygen atoms in total. The Morgan fingerprint density at radius 1 is 0.667 bits per heavy atom. The molecule has 0 aromatic heterocycles. The maximum atomic E-state index is 2.80. The zero-order valence-corrected chi connectivity index (χ0v) is 17.7. The van der Waals surface area contributed by atoms with Gasteiger partial charge >= 0.3 is 0 Å². The minimum Gasteiger partial charge on any atom is -0.275 e. The van der Waals surface area contributed by atoms with Gasteiger partial charge in [0.25, 0.3) is 0 Å². The number of hydrogen-bond acceptors (Lipinski definition) is 1. The molecule has 4 rings (SSSR count). The van der Waals surface area contributed by atoms with Crippen molar-refractivity contribution in [2.75, 3.05) is 7.05 Å². The van der Waals surface area contributed by atoms with Gasteiger partial charge in [0, 0.05) is 14.1 Å². The molecule has 2 fully saturated rings. The second-order valence-electron chi connectivity index (χ2n) is 8.47. The van der Waals surface area contributed by atoms with E-state index >= 15 is 0 Å². The molecule has 0 saturated heterocycles. The fraction of sp³-hybridized carbons (Fsp3) is 0.520. The third kappa shape index (κ3) is 4.47. The number of rotatable bonds is 5. The standard InChI is InChI=1S/C25H34NP/c1-26(25-20-12-11-19-24(25)21-13-5-2-6-14-21)27(22-15-7-3-8-16-22)23-17-9-4-10-18-23/h3-4,7-10,15-18,21,24-25H,2,5-6,11-14,19-20H2,1H3/t24-,25+/m1/s1. The van der Waals surface area contributed by atoms with E-state index in [1.54, 1.807) is 0 Å². The van der Waals surface area contributed by atoms with E-state index in [1.165, 1.54) is 68.4 Å². The second-order valence-corrected chi connectivity index (χ2v) is 10.8. The molecule has 2 aromatic rings. The van der Waals surface area contributed by atoms with E-state index < -0.39 is 8.07 Å². The highest BCUT2D eigenvalue weighted by atomic mass is 31.1. The summed E-state index contributed by atoms with van der Waals surface area (Å²) in [6.07, 6.45) is 13.0. The van der Waals surface area contributed by atoms with Crippen molar-refractivity contribution in [2.45, 2.75) is 63.8 Å². The minimum atomic E-state index is -0.449. The molecule has 0 spiro atoms. The van der Waals surface area contributed by atoms with E-state index in [2.05, 4.69) is 72.4 Å². The van der Waals surface area contributed by atoms with E-state index in [-0.39, 0.29) is 0 Å². The molecule has 0 amide bonds. The fourth-order valence-corrected chi connectivity index (χ4v) is 8.04. The van der Waals surface area contributed by atoms with Gasteiger partial charge in [-0.3, -0.25) is 4.67 Å². The van der Waals surface area contributed by atoms with Crippen LogP contribution in [-0.2, 0) is 0 Å². The molecule has 2 aromatic carbocycles. The summed E-state index contributed by atoms with van der Waals surface area (Å²) in [5, 5.41) is 2.99. The van der Waals surface area contributed by atoms with Gasteiger partial charge in [0.1, 0.15) is 0 Å². The Morgan fingerprint density at radius 3 is 1.78 bits per heavy atom. The van der Waals surface area contributed by atoms with Crippen molar-refractivity contribution in [1.82, 2.24) is 4.67 Å². The summed E-state index contributed by atoms with van der Waals surface area (Å²) in [7, 11) is 1.98. The Labute approximate surface area is 167 Å². The predicted molar refractivity (Wildman–Crippen MR) is 119 cm³/mol. The molecule has 2 saturated carbocycles. The molecule has 144 valence electrons. The maximum absolute atomic E-state index is 2.80. The molecule has 27 heavy (non-hydrogen) atoms. The lowest BCUT2D eigenvalue weighted by Gasteiger charge is -2.46. The lowest BCUT2D eigenvalue weighted by Crippen LogP contribution is -2.43. The van der Waals surface area contributed by atoms with E-state index in [1.807, 2.05) is 0 Å². The molecule has 2 heteroatoms. The van der Waals surface area contributed by atoms with Crippen LogP contribution in [0.2, 0.25) is 0 Å². The summed E-state index contributed by atoms with van der Waals surface area (Å²) in [4.78, 5) is 0. The highest BCUT2D eigenvalue weighted by molar-refractivity contribution is 7.70. The lowest BCUT2D eigenvalue weighted by molar-refractivity contribution is 0.119. The van der Waals surface area contributed by atoms with E-state index in [0.717, 1.165) is 17.9 Å². The van der Waals surface area contributed by atoms with Crippen LogP contribution >= 0.6 is 8.07 Å². The minimum absolute atomic E-state index is 0.449. The molecular weight excluding hydrogens is 345 g/mol. The summed E-state index contributed by atoms with van der Waals surface area (Å²) in [5.74, 6) is 1.87.